The number of ether oxygens (including phenoxy) is 2. The Balaban J connectivity index is 1.39. The standard InChI is InChI=1S/C24H31N5O3/c1-31-23-25-20-16-18(29-11-5-7-17-6-3-4-8-21(17)29)9-10-19(20)22(26-23)27-12-14-28(15-13-27)24(30)32-2/h3-4,6,8,18H,5,7,9-16H2,1-2H3. The van der Waals surface area contributed by atoms with Gasteiger partial charge in [-0.3, -0.25) is 0 Å². The number of anilines is 2. The predicted octanol–water partition coefficient (Wildman–Crippen LogP) is 2.68. The zero-order chi connectivity index (χ0) is 22.1. The van der Waals surface area contributed by atoms with Gasteiger partial charge in [-0.2, -0.15) is 9.97 Å². The second-order valence-corrected chi connectivity index (χ2v) is 8.73. The first kappa shape index (κ1) is 20.8. The van der Waals surface area contributed by atoms with Crippen molar-refractivity contribution in [1.29, 1.82) is 0 Å². The Morgan fingerprint density at radius 3 is 2.62 bits per heavy atom. The van der Waals surface area contributed by atoms with E-state index in [1.807, 2.05) is 0 Å². The van der Waals surface area contributed by atoms with Crippen LogP contribution in [0.2, 0.25) is 0 Å². The van der Waals surface area contributed by atoms with Crippen LogP contribution in [0.15, 0.2) is 24.3 Å². The molecule has 1 atom stereocenters. The Hall–Kier alpha value is -3.03. The minimum absolute atomic E-state index is 0.267. The summed E-state index contributed by atoms with van der Waals surface area (Å²) in [5.74, 6) is 0.967. The van der Waals surface area contributed by atoms with E-state index in [1.165, 1.54) is 30.3 Å². The van der Waals surface area contributed by atoms with Crippen molar-refractivity contribution in [2.45, 2.75) is 38.1 Å². The van der Waals surface area contributed by atoms with Gasteiger partial charge in [-0.25, -0.2) is 4.79 Å². The van der Waals surface area contributed by atoms with E-state index in [9.17, 15) is 4.79 Å². The molecule has 1 aromatic carbocycles. The first-order valence-corrected chi connectivity index (χ1v) is 11.5. The maximum atomic E-state index is 11.9. The maximum absolute atomic E-state index is 11.9. The number of carbonyl (C=O) groups excluding carboxylic acids is 1. The van der Waals surface area contributed by atoms with E-state index in [0.29, 0.717) is 25.1 Å². The van der Waals surface area contributed by atoms with Crippen molar-refractivity contribution in [3.63, 3.8) is 0 Å². The highest BCUT2D eigenvalue weighted by molar-refractivity contribution is 5.68. The Morgan fingerprint density at radius 2 is 1.84 bits per heavy atom. The van der Waals surface area contributed by atoms with Gasteiger partial charge in [-0.05, 0) is 37.3 Å². The zero-order valence-electron chi connectivity index (χ0n) is 18.9. The minimum Gasteiger partial charge on any atom is -0.467 e. The van der Waals surface area contributed by atoms with Gasteiger partial charge in [0, 0.05) is 56.4 Å². The van der Waals surface area contributed by atoms with Crippen LogP contribution >= 0.6 is 0 Å². The first-order chi connectivity index (χ1) is 15.7. The Morgan fingerprint density at radius 1 is 1.03 bits per heavy atom. The summed E-state index contributed by atoms with van der Waals surface area (Å²) in [4.78, 5) is 28.0. The van der Waals surface area contributed by atoms with Crippen molar-refractivity contribution < 1.29 is 14.3 Å². The molecule has 1 amide bonds. The summed E-state index contributed by atoms with van der Waals surface area (Å²) in [6.45, 7) is 3.80. The van der Waals surface area contributed by atoms with Crippen molar-refractivity contribution in [1.82, 2.24) is 14.9 Å². The molecule has 5 rings (SSSR count). The number of methoxy groups -OCH3 is 2. The fraction of sp³-hybridized carbons (Fsp3) is 0.542. The first-order valence-electron chi connectivity index (χ1n) is 11.5. The number of nitrogens with zero attached hydrogens (tertiary/aromatic N) is 5. The zero-order valence-corrected chi connectivity index (χ0v) is 18.9. The molecule has 1 unspecified atom stereocenters. The Kier molecular flexibility index (Phi) is 5.76. The lowest BCUT2D eigenvalue weighted by Crippen LogP contribution is -2.49. The lowest BCUT2D eigenvalue weighted by Gasteiger charge is -2.41. The molecule has 0 saturated carbocycles. The van der Waals surface area contributed by atoms with E-state index in [2.05, 4.69) is 34.1 Å². The summed E-state index contributed by atoms with van der Waals surface area (Å²) in [6, 6.07) is 9.67. The van der Waals surface area contributed by atoms with E-state index < -0.39 is 0 Å². The number of fused-ring (bicyclic) bond motifs is 2. The van der Waals surface area contributed by atoms with Gasteiger partial charge in [0.2, 0.25) is 0 Å². The molecular formula is C24H31N5O3. The van der Waals surface area contributed by atoms with Crippen molar-refractivity contribution >= 4 is 17.6 Å². The van der Waals surface area contributed by atoms with Crippen LogP contribution in [0.5, 0.6) is 6.01 Å². The number of aromatic nitrogens is 2. The van der Waals surface area contributed by atoms with E-state index in [4.69, 9.17) is 19.4 Å². The molecule has 1 aliphatic carbocycles. The van der Waals surface area contributed by atoms with Crippen LogP contribution in [0.4, 0.5) is 16.3 Å². The molecule has 0 radical (unpaired) electrons. The molecule has 0 bridgehead atoms. The quantitative estimate of drug-likeness (QED) is 0.731. The van der Waals surface area contributed by atoms with Gasteiger partial charge in [0.1, 0.15) is 5.82 Å². The molecule has 2 aliphatic heterocycles. The van der Waals surface area contributed by atoms with Crippen LogP contribution in [-0.4, -0.2) is 73.9 Å². The Bertz CT molecular complexity index is 990. The maximum Gasteiger partial charge on any atom is 0.409 e. The molecule has 1 saturated heterocycles. The molecule has 3 aliphatic rings. The highest BCUT2D eigenvalue weighted by Gasteiger charge is 2.32. The molecule has 3 heterocycles. The van der Waals surface area contributed by atoms with Crippen LogP contribution in [-0.2, 0) is 24.0 Å². The van der Waals surface area contributed by atoms with Gasteiger partial charge in [0.05, 0.1) is 19.9 Å². The van der Waals surface area contributed by atoms with E-state index in [1.54, 1.807) is 12.0 Å². The average molecular weight is 438 g/mol. The third-order valence-electron chi connectivity index (χ3n) is 6.99. The number of para-hydroxylation sites is 1. The van der Waals surface area contributed by atoms with Crippen molar-refractivity contribution in [2.24, 2.45) is 0 Å². The third kappa shape index (κ3) is 3.82. The molecular weight excluding hydrogens is 406 g/mol. The number of carbonyl (C=O) groups is 1. The number of hydrogen-bond acceptors (Lipinski definition) is 7. The van der Waals surface area contributed by atoms with Gasteiger partial charge in [-0.1, -0.05) is 18.2 Å². The molecule has 1 aromatic heterocycles. The van der Waals surface area contributed by atoms with Crippen molar-refractivity contribution in [3.05, 3.63) is 41.1 Å². The van der Waals surface area contributed by atoms with E-state index in [-0.39, 0.29) is 6.09 Å². The van der Waals surface area contributed by atoms with Gasteiger partial charge in [0.25, 0.3) is 0 Å². The normalized spacial score (nSPS) is 20.4. The smallest absolute Gasteiger partial charge is 0.409 e. The largest absolute Gasteiger partial charge is 0.467 e. The second-order valence-electron chi connectivity index (χ2n) is 8.73. The number of rotatable bonds is 3. The summed E-state index contributed by atoms with van der Waals surface area (Å²) >= 11 is 0. The fourth-order valence-corrected chi connectivity index (χ4v) is 5.35. The lowest BCUT2D eigenvalue weighted by molar-refractivity contribution is 0.121. The van der Waals surface area contributed by atoms with Crippen LogP contribution < -0.4 is 14.5 Å². The van der Waals surface area contributed by atoms with Crippen molar-refractivity contribution in [3.8, 4) is 6.01 Å². The summed E-state index contributed by atoms with van der Waals surface area (Å²) in [5.41, 5.74) is 5.17. The predicted molar refractivity (Wildman–Crippen MR) is 123 cm³/mol. The minimum atomic E-state index is -0.267. The molecule has 0 N–H and O–H groups in total. The van der Waals surface area contributed by atoms with E-state index >= 15 is 0 Å². The molecule has 0 spiro atoms. The van der Waals surface area contributed by atoms with Crippen LogP contribution in [0, 0.1) is 0 Å². The molecule has 32 heavy (non-hydrogen) atoms. The highest BCUT2D eigenvalue weighted by atomic mass is 16.5. The third-order valence-corrected chi connectivity index (χ3v) is 6.99. The summed E-state index contributed by atoms with van der Waals surface area (Å²) in [7, 11) is 3.05. The molecule has 1 fully saturated rings. The summed E-state index contributed by atoms with van der Waals surface area (Å²) in [6.07, 6.45) is 5.03. The molecule has 8 heteroatoms. The summed E-state index contributed by atoms with van der Waals surface area (Å²) in [5, 5.41) is 0. The average Bonchev–Trinajstić information content (AvgIpc) is 2.87. The van der Waals surface area contributed by atoms with Gasteiger partial charge in [0.15, 0.2) is 0 Å². The molecule has 8 nitrogen and oxygen atoms in total. The second kappa shape index (κ2) is 8.84. The van der Waals surface area contributed by atoms with Crippen LogP contribution in [0.25, 0.3) is 0 Å². The van der Waals surface area contributed by atoms with E-state index in [0.717, 1.165) is 56.8 Å². The fourth-order valence-electron chi connectivity index (χ4n) is 5.35. The van der Waals surface area contributed by atoms with Crippen molar-refractivity contribution in [2.75, 3.05) is 56.7 Å². The van der Waals surface area contributed by atoms with Gasteiger partial charge >= 0.3 is 12.1 Å². The van der Waals surface area contributed by atoms with Crippen LogP contribution in [0.3, 0.4) is 0 Å². The number of piperazine rings is 1. The monoisotopic (exact) mass is 437 g/mol. The van der Waals surface area contributed by atoms with Crippen LogP contribution in [0.1, 0.15) is 29.7 Å². The lowest BCUT2D eigenvalue weighted by atomic mass is 9.88. The topological polar surface area (TPSA) is 71.0 Å². The highest BCUT2D eigenvalue weighted by Crippen LogP contribution is 2.36. The number of hydrogen-bond donors (Lipinski definition) is 0. The SMILES string of the molecule is COC(=O)N1CCN(c2nc(OC)nc3c2CCC(N2CCCc4ccccc42)C3)CC1. The molecule has 2 aromatic rings. The number of amides is 1. The summed E-state index contributed by atoms with van der Waals surface area (Å²) < 4.78 is 10.3. The number of benzene rings is 1. The number of aryl methyl sites for hydroxylation is 1. The molecule has 170 valence electrons. The Labute approximate surface area is 189 Å². The van der Waals surface area contributed by atoms with Gasteiger partial charge in [-0.15, -0.1) is 0 Å². The van der Waals surface area contributed by atoms with Gasteiger partial charge < -0.3 is 24.2 Å².